The van der Waals surface area contributed by atoms with E-state index in [1.165, 1.54) is 24.0 Å². The van der Waals surface area contributed by atoms with E-state index in [4.69, 9.17) is 16.3 Å². The Morgan fingerprint density at radius 3 is 2.60 bits per heavy atom. The van der Waals surface area contributed by atoms with Crippen molar-refractivity contribution in [2.24, 2.45) is 0 Å². The molecule has 0 saturated heterocycles. The quantitative estimate of drug-likeness (QED) is 0.278. The molecule has 0 N–H and O–H groups in total. The van der Waals surface area contributed by atoms with Gasteiger partial charge in [0.2, 0.25) is 0 Å². The summed E-state index contributed by atoms with van der Waals surface area (Å²) in [5.74, 6) is -0.247. The number of thioether (sulfide) groups is 1. The standard InChI is InChI=1S/C18H12ClFN2O2S/c19-14-10-21-18(25-11-12-6-4-5-9-15(12)20)22-16(14)17(23)24-13-7-2-1-3-8-13/h1-10H,11H2. The van der Waals surface area contributed by atoms with E-state index in [0.29, 0.717) is 22.2 Å². The molecule has 4 nitrogen and oxygen atoms in total. The summed E-state index contributed by atoms with van der Waals surface area (Å²) < 4.78 is 18.9. The smallest absolute Gasteiger partial charge is 0.364 e. The van der Waals surface area contributed by atoms with Crippen LogP contribution in [0.2, 0.25) is 5.02 Å². The molecule has 1 heterocycles. The number of hydrogen-bond donors (Lipinski definition) is 0. The number of rotatable bonds is 5. The van der Waals surface area contributed by atoms with Crippen molar-refractivity contribution in [1.29, 1.82) is 0 Å². The number of benzene rings is 2. The van der Waals surface area contributed by atoms with Gasteiger partial charge in [0.25, 0.3) is 0 Å². The van der Waals surface area contributed by atoms with Crippen molar-refractivity contribution < 1.29 is 13.9 Å². The maximum Gasteiger partial charge on any atom is 0.364 e. The van der Waals surface area contributed by atoms with Gasteiger partial charge in [-0.1, -0.05) is 59.8 Å². The number of aromatic nitrogens is 2. The molecule has 25 heavy (non-hydrogen) atoms. The Balaban J connectivity index is 1.74. The first-order chi connectivity index (χ1) is 12.1. The third kappa shape index (κ3) is 4.55. The molecule has 0 unspecified atom stereocenters. The minimum Gasteiger partial charge on any atom is -0.422 e. The van der Waals surface area contributed by atoms with E-state index in [1.807, 2.05) is 6.07 Å². The average Bonchev–Trinajstić information content (AvgIpc) is 2.63. The minimum absolute atomic E-state index is 0.0310. The normalized spacial score (nSPS) is 10.5. The molecular weight excluding hydrogens is 363 g/mol. The molecule has 7 heteroatoms. The van der Waals surface area contributed by atoms with Crippen LogP contribution in [0.5, 0.6) is 5.75 Å². The third-order valence-electron chi connectivity index (χ3n) is 3.18. The molecule has 0 aliphatic heterocycles. The summed E-state index contributed by atoms with van der Waals surface area (Å²) >= 11 is 7.21. The third-order valence-corrected chi connectivity index (χ3v) is 4.37. The number of esters is 1. The molecule has 0 amide bonds. The van der Waals surface area contributed by atoms with Gasteiger partial charge in [-0.2, -0.15) is 0 Å². The lowest BCUT2D eigenvalue weighted by Gasteiger charge is -2.07. The number of carbonyl (C=O) groups is 1. The van der Waals surface area contributed by atoms with Crippen molar-refractivity contribution in [3.05, 3.63) is 82.9 Å². The predicted molar refractivity (Wildman–Crippen MR) is 94.4 cm³/mol. The summed E-state index contributed by atoms with van der Waals surface area (Å²) in [6, 6.07) is 15.1. The predicted octanol–water partition coefficient (Wildman–Crippen LogP) is 4.78. The van der Waals surface area contributed by atoms with Crippen molar-refractivity contribution in [3.8, 4) is 5.75 Å². The van der Waals surface area contributed by atoms with Crippen LogP contribution in [0.25, 0.3) is 0 Å². The Morgan fingerprint density at radius 1 is 1.12 bits per heavy atom. The van der Waals surface area contributed by atoms with Crippen molar-refractivity contribution in [1.82, 2.24) is 9.97 Å². The second-order valence-corrected chi connectivity index (χ2v) is 6.28. The van der Waals surface area contributed by atoms with E-state index < -0.39 is 5.97 Å². The maximum absolute atomic E-state index is 13.7. The van der Waals surface area contributed by atoms with E-state index >= 15 is 0 Å². The lowest BCUT2D eigenvalue weighted by molar-refractivity contribution is 0.0727. The van der Waals surface area contributed by atoms with Crippen LogP contribution < -0.4 is 4.74 Å². The summed E-state index contributed by atoms with van der Waals surface area (Å²) in [5, 5.41) is 0.406. The highest BCUT2D eigenvalue weighted by Crippen LogP contribution is 2.24. The van der Waals surface area contributed by atoms with Crippen molar-refractivity contribution in [2.75, 3.05) is 0 Å². The molecule has 3 rings (SSSR count). The fourth-order valence-electron chi connectivity index (χ4n) is 1.97. The maximum atomic E-state index is 13.7. The molecule has 0 bridgehead atoms. The number of nitrogens with zero attached hydrogens (tertiary/aromatic N) is 2. The summed E-state index contributed by atoms with van der Waals surface area (Å²) in [7, 11) is 0. The molecule has 0 aliphatic rings. The topological polar surface area (TPSA) is 52.1 Å². The van der Waals surface area contributed by atoms with Crippen LogP contribution in [0, 0.1) is 5.82 Å². The van der Waals surface area contributed by atoms with E-state index in [1.54, 1.807) is 42.5 Å². The van der Waals surface area contributed by atoms with E-state index in [0.717, 1.165) is 0 Å². The van der Waals surface area contributed by atoms with Gasteiger partial charge < -0.3 is 4.74 Å². The molecule has 2 aromatic carbocycles. The second-order valence-electron chi connectivity index (χ2n) is 4.93. The first-order valence-corrected chi connectivity index (χ1v) is 8.66. The second kappa shape index (κ2) is 8.09. The summed E-state index contributed by atoms with van der Waals surface area (Å²) in [4.78, 5) is 20.4. The van der Waals surface area contributed by atoms with Crippen molar-refractivity contribution in [3.63, 3.8) is 0 Å². The van der Waals surface area contributed by atoms with Crippen molar-refractivity contribution in [2.45, 2.75) is 10.9 Å². The van der Waals surface area contributed by atoms with Crippen LogP contribution in [0.15, 0.2) is 66.0 Å². The van der Waals surface area contributed by atoms with Crippen LogP contribution in [-0.2, 0) is 5.75 Å². The first-order valence-electron chi connectivity index (χ1n) is 7.29. The first kappa shape index (κ1) is 17.4. The minimum atomic E-state index is -0.675. The highest BCUT2D eigenvalue weighted by molar-refractivity contribution is 7.98. The molecule has 0 atom stereocenters. The van der Waals surface area contributed by atoms with E-state index in [2.05, 4.69) is 9.97 Å². The number of carbonyl (C=O) groups excluding carboxylic acids is 1. The van der Waals surface area contributed by atoms with Gasteiger partial charge in [-0.3, -0.25) is 0 Å². The summed E-state index contributed by atoms with van der Waals surface area (Å²) in [5.41, 5.74) is 0.496. The summed E-state index contributed by atoms with van der Waals surface area (Å²) in [6.45, 7) is 0. The van der Waals surface area contributed by atoms with Gasteiger partial charge in [0, 0.05) is 5.75 Å². The van der Waals surface area contributed by atoms with Gasteiger partial charge in [-0.25, -0.2) is 19.2 Å². The lowest BCUT2D eigenvalue weighted by atomic mass is 10.2. The highest BCUT2D eigenvalue weighted by atomic mass is 35.5. The molecule has 0 fully saturated rings. The molecule has 3 aromatic rings. The molecular formula is C18H12ClFN2O2S. The Kier molecular flexibility index (Phi) is 5.63. The van der Waals surface area contributed by atoms with Gasteiger partial charge in [0.15, 0.2) is 10.9 Å². The lowest BCUT2D eigenvalue weighted by Crippen LogP contribution is -2.12. The zero-order valence-corrected chi connectivity index (χ0v) is 14.4. The average molecular weight is 375 g/mol. The van der Waals surface area contributed by atoms with Gasteiger partial charge in [-0.15, -0.1) is 0 Å². The monoisotopic (exact) mass is 374 g/mol. The zero-order valence-electron chi connectivity index (χ0n) is 12.9. The van der Waals surface area contributed by atoms with Gasteiger partial charge in [0.05, 0.1) is 11.2 Å². The molecule has 0 saturated carbocycles. The number of ether oxygens (including phenoxy) is 1. The van der Waals surface area contributed by atoms with Gasteiger partial charge >= 0.3 is 5.97 Å². The number of halogens is 2. The van der Waals surface area contributed by atoms with Crippen LogP contribution >= 0.6 is 23.4 Å². The summed E-state index contributed by atoms with van der Waals surface area (Å²) in [6.07, 6.45) is 1.33. The fourth-order valence-corrected chi connectivity index (χ4v) is 2.94. The van der Waals surface area contributed by atoms with Crippen LogP contribution in [0.4, 0.5) is 4.39 Å². The molecule has 0 radical (unpaired) electrons. The van der Waals surface area contributed by atoms with Gasteiger partial charge in [0.1, 0.15) is 11.6 Å². The Labute approximate surface area is 153 Å². The largest absolute Gasteiger partial charge is 0.422 e. The molecule has 126 valence electrons. The van der Waals surface area contributed by atoms with Crippen LogP contribution in [0.1, 0.15) is 16.1 Å². The Bertz CT molecular complexity index is 893. The number of para-hydroxylation sites is 1. The van der Waals surface area contributed by atoms with E-state index in [9.17, 15) is 9.18 Å². The molecule has 0 spiro atoms. The molecule has 0 aliphatic carbocycles. The highest BCUT2D eigenvalue weighted by Gasteiger charge is 2.17. The van der Waals surface area contributed by atoms with E-state index in [-0.39, 0.29) is 16.5 Å². The number of hydrogen-bond acceptors (Lipinski definition) is 5. The molecule has 1 aromatic heterocycles. The Hall–Kier alpha value is -2.44. The fraction of sp³-hybridized carbons (Fsp3) is 0.0556. The Morgan fingerprint density at radius 2 is 1.84 bits per heavy atom. The van der Waals surface area contributed by atoms with Gasteiger partial charge in [-0.05, 0) is 23.8 Å². The SMILES string of the molecule is O=C(Oc1ccccc1)c1nc(SCc2ccccc2F)ncc1Cl. The zero-order chi connectivity index (χ0) is 17.6. The van der Waals surface area contributed by atoms with Crippen LogP contribution in [-0.4, -0.2) is 15.9 Å². The van der Waals surface area contributed by atoms with Crippen molar-refractivity contribution >= 4 is 29.3 Å². The van der Waals surface area contributed by atoms with Crippen LogP contribution in [0.3, 0.4) is 0 Å².